The molecule has 3 aromatic carbocycles. The summed E-state index contributed by atoms with van der Waals surface area (Å²) < 4.78 is 1.69. The first-order valence-electron chi connectivity index (χ1n) is 12.6. The van der Waals surface area contributed by atoms with E-state index in [-0.39, 0.29) is 17.5 Å². The van der Waals surface area contributed by atoms with Gasteiger partial charge >= 0.3 is 0 Å². The van der Waals surface area contributed by atoms with Gasteiger partial charge < -0.3 is 9.80 Å². The predicted molar refractivity (Wildman–Crippen MR) is 146 cm³/mol. The van der Waals surface area contributed by atoms with Gasteiger partial charge in [-0.2, -0.15) is 0 Å². The number of nitrogens with zero attached hydrogens (tertiary/aromatic N) is 4. The minimum Gasteiger partial charge on any atom is -0.327 e. The average molecular weight is 483 g/mol. The minimum atomic E-state index is -0.388. The van der Waals surface area contributed by atoms with Crippen molar-refractivity contribution in [2.75, 3.05) is 27.2 Å². The molecule has 0 aliphatic carbocycles. The van der Waals surface area contributed by atoms with Crippen LogP contribution in [0.1, 0.15) is 48.1 Å². The fourth-order valence-electron chi connectivity index (χ4n) is 4.50. The third-order valence-electron chi connectivity index (χ3n) is 6.54. The largest absolute Gasteiger partial charge is 0.327 e. The SMILES string of the molecule is CCc1ccc(-n2c(C(CC)N(CCN(C)C)C(=O)c3ccccc3)nc3ccccc3c2=O)cc1. The Balaban J connectivity index is 1.93. The summed E-state index contributed by atoms with van der Waals surface area (Å²) in [7, 11) is 3.98. The van der Waals surface area contributed by atoms with Crippen LogP contribution in [0.4, 0.5) is 0 Å². The van der Waals surface area contributed by atoms with E-state index >= 15 is 0 Å². The van der Waals surface area contributed by atoms with Crippen LogP contribution in [0, 0.1) is 0 Å². The highest BCUT2D eigenvalue weighted by molar-refractivity contribution is 5.94. The lowest BCUT2D eigenvalue weighted by Gasteiger charge is -2.33. The van der Waals surface area contributed by atoms with Crippen LogP contribution in [0.3, 0.4) is 0 Å². The Morgan fingerprint density at radius 2 is 1.56 bits per heavy atom. The molecular weight excluding hydrogens is 448 g/mol. The first-order valence-corrected chi connectivity index (χ1v) is 12.6. The van der Waals surface area contributed by atoms with E-state index in [4.69, 9.17) is 4.98 Å². The van der Waals surface area contributed by atoms with Crippen molar-refractivity contribution in [1.29, 1.82) is 0 Å². The molecule has 1 unspecified atom stereocenters. The van der Waals surface area contributed by atoms with Crippen LogP contribution in [0.5, 0.6) is 0 Å². The van der Waals surface area contributed by atoms with Gasteiger partial charge in [0.2, 0.25) is 0 Å². The van der Waals surface area contributed by atoms with Gasteiger partial charge in [0.25, 0.3) is 11.5 Å². The van der Waals surface area contributed by atoms with Crippen LogP contribution in [0.25, 0.3) is 16.6 Å². The molecule has 1 heterocycles. The minimum absolute atomic E-state index is 0.0698. The van der Waals surface area contributed by atoms with Crippen LogP contribution in [-0.2, 0) is 6.42 Å². The van der Waals surface area contributed by atoms with Gasteiger partial charge in [-0.15, -0.1) is 0 Å². The third kappa shape index (κ3) is 5.24. The number of aryl methyl sites for hydroxylation is 1. The van der Waals surface area contributed by atoms with Gasteiger partial charge in [0.1, 0.15) is 5.82 Å². The number of benzene rings is 3. The van der Waals surface area contributed by atoms with Crippen molar-refractivity contribution in [2.45, 2.75) is 32.7 Å². The summed E-state index contributed by atoms with van der Waals surface area (Å²) in [6, 6.07) is 24.4. The number of fused-ring (bicyclic) bond motifs is 1. The Morgan fingerprint density at radius 1 is 0.889 bits per heavy atom. The zero-order valence-corrected chi connectivity index (χ0v) is 21.5. The second-order valence-corrected chi connectivity index (χ2v) is 9.24. The number of hydrogen-bond acceptors (Lipinski definition) is 4. The molecular formula is C30H34N4O2. The first kappa shape index (κ1) is 25.3. The monoisotopic (exact) mass is 482 g/mol. The second-order valence-electron chi connectivity index (χ2n) is 9.24. The number of carbonyl (C=O) groups excluding carboxylic acids is 1. The van der Waals surface area contributed by atoms with Crippen molar-refractivity contribution in [3.63, 3.8) is 0 Å². The van der Waals surface area contributed by atoms with Gasteiger partial charge in [-0.25, -0.2) is 4.98 Å². The van der Waals surface area contributed by atoms with Crippen molar-refractivity contribution in [2.24, 2.45) is 0 Å². The van der Waals surface area contributed by atoms with E-state index < -0.39 is 0 Å². The molecule has 4 rings (SSSR count). The lowest BCUT2D eigenvalue weighted by atomic mass is 10.1. The number of aromatic nitrogens is 2. The van der Waals surface area contributed by atoms with Crippen LogP contribution in [-0.4, -0.2) is 52.4 Å². The quantitative estimate of drug-likeness (QED) is 0.333. The molecule has 0 bridgehead atoms. The van der Waals surface area contributed by atoms with E-state index in [1.165, 1.54) is 5.56 Å². The maximum absolute atomic E-state index is 13.9. The molecule has 0 radical (unpaired) electrons. The fourth-order valence-corrected chi connectivity index (χ4v) is 4.50. The zero-order chi connectivity index (χ0) is 25.7. The number of amides is 1. The van der Waals surface area contributed by atoms with Crippen molar-refractivity contribution in [3.8, 4) is 5.69 Å². The third-order valence-corrected chi connectivity index (χ3v) is 6.54. The number of hydrogen-bond donors (Lipinski definition) is 0. The number of rotatable bonds is 9. The molecule has 186 valence electrons. The van der Waals surface area contributed by atoms with E-state index in [1.54, 1.807) is 4.57 Å². The number of carbonyl (C=O) groups is 1. The summed E-state index contributed by atoms with van der Waals surface area (Å²) in [6.07, 6.45) is 1.53. The van der Waals surface area contributed by atoms with Crippen molar-refractivity contribution in [1.82, 2.24) is 19.4 Å². The molecule has 1 atom stereocenters. The zero-order valence-electron chi connectivity index (χ0n) is 21.5. The summed E-state index contributed by atoms with van der Waals surface area (Å²) in [4.78, 5) is 36.6. The second kappa shape index (κ2) is 11.3. The Labute approximate surface area is 212 Å². The van der Waals surface area contributed by atoms with Gasteiger partial charge in [-0.1, -0.05) is 56.3 Å². The van der Waals surface area contributed by atoms with E-state index in [0.29, 0.717) is 41.8 Å². The molecule has 6 heteroatoms. The van der Waals surface area contributed by atoms with Crippen LogP contribution in [0.2, 0.25) is 0 Å². The summed E-state index contributed by atoms with van der Waals surface area (Å²) in [6.45, 7) is 5.35. The van der Waals surface area contributed by atoms with Gasteiger partial charge in [-0.05, 0) is 68.9 Å². The summed E-state index contributed by atoms with van der Waals surface area (Å²) >= 11 is 0. The lowest BCUT2D eigenvalue weighted by Crippen LogP contribution is -2.41. The summed E-state index contributed by atoms with van der Waals surface area (Å²) in [5, 5.41) is 0.560. The molecule has 6 nitrogen and oxygen atoms in total. The highest BCUT2D eigenvalue weighted by Crippen LogP contribution is 2.27. The fraction of sp³-hybridized carbons (Fsp3) is 0.300. The van der Waals surface area contributed by atoms with Crippen LogP contribution < -0.4 is 5.56 Å². The highest BCUT2D eigenvalue weighted by atomic mass is 16.2. The number of likely N-dealkylation sites (N-methyl/N-ethyl adjacent to an activating group) is 1. The average Bonchev–Trinajstić information content (AvgIpc) is 2.91. The smallest absolute Gasteiger partial charge is 0.266 e. The van der Waals surface area contributed by atoms with E-state index in [9.17, 15) is 9.59 Å². The summed E-state index contributed by atoms with van der Waals surface area (Å²) in [5.41, 5.74) is 3.08. The lowest BCUT2D eigenvalue weighted by molar-refractivity contribution is 0.0644. The highest BCUT2D eigenvalue weighted by Gasteiger charge is 2.29. The Kier molecular flexibility index (Phi) is 7.96. The molecule has 1 amide bonds. The molecule has 0 spiro atoms. The molecule has 1 aromatic heterocycles. The molecule has 0 aliphatic heterocycles. The van der Waals surface area contributed by atoms with Crippen LogP contribution >= 0.6 is 0 Å². The Morgan fingerprint density at radius 3 is 2.19 bits per heavy atom. The van der Waals surface area contributed by atoms with E-state index in [1.807, 2.05) is 105 Å². The van der Waals surface area contributed by atoms with Gasteiger partial charge in [0.05, 0.1) is 22.6 Å². The van der Waals surface area contributed by atoms with Crippen LogP contribution in [0.15, 0.2) is 83.7 Å². The van der Waals surface area contributed by atoms with E-state index in [2.05, 4.69) is 11.8 Å². The predicted octanol–water partition coefficient (Wildman–Crippen LogP) is 5.10. The topological polar surface area (TPSA) is 58.4 Å². The Bertz CT molecular complexity index is 1380. The molecule has 0 fully saturated rings. The molecule has 0 saturated carbocycles. The van der Waals surface area contributed by atoms with Gasteiger partial charge in [0, 0.05) is 18.7 Å². The molecule has 4 aromatic rings. The summed E-state index contributed by atoms with van der Waals surface area (Å²) in [5.74, 6) is 0.507. The van der Waals surface area contributed by atoms with Gasteiger partial charge in [0.15, 0.2) is 0 Å². The Hall–Kier alpha value is -3.77. The molecule has 0 N–H and O–H groups in total. The van der Waals surface area contributed by atoms with Crippen molar-refractivity contribution >= 4 is 16.8 Å². The number of para-hydroxylation sites is 1. The first-order chi connectivity index (χ1) is 17.4. The van der Waals surface area contributed by atoms with Gasteiger partial charge in [-0.3, -0.25) is 14.2 Å². The standard InChI is InChI=1S/C30H34N4O2/c1-5-22-16-18-24(19-17-22)34-28(31-26-15-11-10-14-25(26)30(34)36)27(6-2)33(21-20-32(3)4)29(35)23-12-8-7-9-13-23/h7-19,27H,5-6,20-21H2,1-4H3. The maximum atomic E-state index is 13.9. The van der Waals surface area contributed by atoms with E-state index in [0.717, 1.165) is 12.1 Å². The van der Waals surface area contributed by atoms with Crippen molar-refractivity contribution in [3.05, 3.63) is 106 Å². The normalized spacial score (nSPS) is 12.1. The molecule has 0 saturated heterocycles. The maximum Gasteiger partial charge on any atom is 0.266 e. The molecule has 0 aliphatic rings. The molecule has 36 heavy (non-hydrogen) atoms. The van der Waals surface area contributed by atoms with Crippen molar-refractivity contribution < 1.29 is 4.79 Å².